The fourth-order valence-corrected chi connectivity index (χ4v) is 2.26. The maximum atomic E-state index is 9.31. The molecular formula is C17H18N8O. The van der Waals surface area contributed by atoms with E-state index in [1.165, 1.54) is 0 Å². The Morgan fingerprint density at radius 3 is 2.85 bits per heavy atom. The molecule has 0 amide bonds. The van der Waals surface area contributed by atoms with Crippen LogP contribution in [0.4, 0.5) is 23.3 Å². The molecule has 0 aliphatic carbocycles. The number of nitriles is 1. The van der Waals surface area contributed by atoms with Gasteiger partial charge in [0.1, 0.15) is 17.7 Å². The Balaban J connectivity index is 1.76. The SMILES string of the molecule is Cc1cc(Nc2ccc(C#N)c(NC(C)Oc3cccnc3N)n2)n[nH]1. The zero-order valence-electron chi connectivity index (χ0n) is 14.3. The highest BCUT2D eigenvalue weighted by atomic mass is 16.5. The molecule has 3 rings (SSSR count). The lowest BCUT2D eigenvalue weighted by molar-refractivity contribution is 0.251. The summed E-state index contributed by atoms with van der Waals surface area (Å²) >= 11 is 0. The Bertz CT molecular complexity index is 946. The van der Waals surface area contributed by atoms with Crippen LogP contribution in [0, 0.1) is 18.3 Å². The zero-order chi connectivity index (χ0) is 18.5. The predicted octanol–water partition coefficient (Wildman–Crippen LogP) is 2.54. The van der Waals surface area contributed by atoms with Gasteiger partial charge in [-0.25, -0.2) is 9.97 Å². The third-order valence-electron chi connectivity index (χ3n) is 3.42. The molecule has 0 aliphatic rings. The molecule has 3 aromatic rings. The van der Waals surface area contributed by atoms with Crippen molar-refractivity contribution in [3.05, 3.63) is 47.8 Å². The van der Waals surface area contributed by atoms with E-state index in [-0.39, 0.29) is 0 Å². The van der Waals surface area contributed by atoms with Gasteiger partial charge in [0.05, 0.1) is 5.56 Å². The molecule has 5 N–H and O–H groups in total. The van der Waals surface area contributed by atoms with Gasteiger partial charge in [0.25, 0.3) is 0 Å². The van der Waals surface area contributed by atoms with E-state index in [2.05, 4.69) is 36.9 Å². The molecular weight excluding hydrogens is 332 g/mol. The van der Waals surface area contributed by atoms with E-state index in [1.807, 2.05) is 13.0 Å². The fourth-order valence-electron chi connectivity index (χ4n) is 2.26. The number of aryl methyl sites for hydroxylation is 1. The lowest BCUT2D eigenvalue weighted by atomic mass is 10.2. The Hall–Kier alpha value is -3.80. The number of pyridine rings is 2. The second kappa shape index (κ2) is 7.40. The van der Waals surface area contributed by atoms with Crippen LogP contribution in [-0.2, 0) is 0 Å². The van der Waals surface area contributed by atoms with E-state index >= 15 is 0 Å². The van der Waals surface area contributed by atoms with Gasteiger partial charge in [-0.15, -0.1) is 0 Å². The van der Waals surface area contributed by atoms with Crippen LogP contribution in [0.25, 0.3) is 0 Å². The van der Waals surface area contributed by atoms with Crippen LogP contribution in [0.15, 0.2) is 36.5 Å². The predicted molar refractivity (Wildman–Crippen MR) is 97.9 cm³/mol. The molecule has 0 aromatic carbocycles. The number of nitrogens with one attached hydrogen (secondary N) is 3. The Kier molecular flexibility index (Phi) is 4.85. The highest BCUT2D eigenvalue weighted by Crippen LogP contribution is 2.22. The molecule has 0 saturated carbocycles. The van der Waals surface area contributed by atoms with Gasteiger partial charge in [-0.2, -0.15) is 10.4 Å². The average Bonchev–Trinajstić information content (AvgIpc) is 3.02. The summed E-state index contributed by atoms with van der Waals surface area (Å²) in [7, 11) is 0. The summed E-state index contributed by atoms with van der Waals surface area (Å²) in [5.41, 5.74) is 7.10. The van der Waals surface area contributed by atoms with E-state index < -0.39 is 6.23 Å². The maximum Gasteiger partial charge on any atom is 0.168 e. The maximum absolute atomic E-state index is 9.31. The first kappa shape index (κ1) is 17.0. The summed E-state index contributed by atoms with van der Waals surface area (Å²) < 4.78 is 5.72. The summed E-state index contributed by atoms with van der Waals surface area (Å²) in [4.78, 5) is 8.40. The normalized spacial score (nSPS) is 11.4. The van der Waals surface area contributed by atoms with Crippen molar-refractivity contribution in [1.29, 1.82) is 5.26 Å². The van der Waals surface area contributed by atoms with Gasteiger partial charge in [-0.1, -0.05) is 0 Å². The van der Waals surface area contributed by atoms with Gasteiger partial charge in [0, 0.05) is 18.0 Å². The molecule has 0 fully saturated rings. The second-order valence-electron chi connectivity index (χ2n) is 5.56. The van der Waals surface area contributed by atoms with Gasteiger partial charge < -0.3 is 21.1 Å². The Morgan fingerprint density at radius 2 is 2.15 bits per heavy atom. The fraction of sp³-hybridized carbons (Fsp3) is 0.176. The number of hydrogen-bond donors (Lipinski definition) is 4. The van der Waals surface area contributed by atoms with Gasteiger partial charge in [0.2, 0.25) is 0 Å². The van der Waals surface area contributed by atoms with Gasteiger partial charge in [-0.05, 0) is 38.1 Å². The van der Waals surface area contributed by atoms with Crippen molar-refractivity contribution in [3.8, 4) is 11.8 Å². The topological polar surface area (TPSA) is 138 Å². The van der Waals surface area contributed by atoms with Gasteiger partial charge >= 0.3 is 0 Å². The average molecular weight is 350 g/mol. The standard InChI is InChI=1S/C17H18N8O/c1-10-8-15(25-24-10)22-14-6-5-12(9-18)17(23-14)21-11(2)26-13-4-3-7-20-16(13)19/h3-8,11H,1-2H3,(H2,19,20)(H3,21,22,23,24,25). The summed E-state index contributed by atoms with van der Waals surface area (Å²) in [6.45, 7) is 3.69. The molecule has 3 heterocycles. The van der Waals surface area contributed by atoms with Gasteiger partial charge in [0.15, 0.2) is 23.6 Å². The minimum Gasteiger partial charge on any atom is -0.467 e. The molecule has 1 unspecified atom stereocenters. The molecule has 132 valence electrons. The second-order valence-corrected chi connectivity index (χ2v) is 5.56. The number of aromatic amines is 1. The molecule has 1 atom stereocenters. The summed E-state index contributed by atoms with van der Waals surface area (Å²) in [5.74, 6) is 2.31. The number of hydrogen-bond acceptors (Lipinski definition) is 8. The summed E-state index contributed by atoms with van der Waals surface area (Å²) in [5, 5.41) is 22.4. The van der Waals surface area contributed by atoms with Crippen molar-refractivity contribution in [2.45, 2.75) is 20.1 Å². The molecule has 0 radical (unpaired) electrons. The number of nitrogen functional groups attached to an aromatic ring is 1. The Morgan fingerprint density at radius 1 is 1.31 bits per heavy atom. The first-order valence-corrected chi connectivity index (χ1v) is 7.89. The summed E-state index contributed by atoms with van der Waals surface area (Å²) in [6, 6.07) is 10.8. The van der Waals surface area contributed by atoms with Crippen molar-refractivity contribution in [1.82, 2.24) is 20.2 Å². The third-order valence-corrected chi connectivity index (χ3v) is 3.42. The van der Waals surface area contributed by atoms with Crippen molar-refractivity contribution in [2.24, 2.45) is 0 Å². The van der Waals surface area contributed by atoms with E-state index in [1.54, 1.807) is 37.4 Å². The molecule has 9 heteroatoms. The number of ether oxygens (including phenoxy) is 1. The van der Waals surface area contributed by atoms with Crippen LogP contribution >= 0.6 is 0 Å². The number of aromatic nitrogens is 4. The van der Waals surface area contributed by atoms with Crippen LogP contribution in [0.2, 0.25) is 0 Å². The largest absolute Gasteiger partial charge is 0.467 e. The molecule has 0 bridgehead atoms. The highest BCUT2D eigenvalue weighted by Gasteiger charge is 2.12. The van der Waals surface area contributed by atoms with Crippen LogP contribution in [-0.4, -0.2) is 26.4 Å². The first-order chi connectivity index (χ1) is 12.5. The van der Waals surface area contributed by atoms with E-state index in [0.29, 0.717) is 34.6 Å². The van der Waals surface area contributed by atoms with Crippen LogP contribution < -0.4 is 21.1 Å². The Labute approximate surface area is 150 Å². The van der Waals surface area contributed by atoms with Crippen molar-refractivity contribution in [2.75, 3.05) is 16.4 Å². The lowest BCUT2D eigenvalue weighted by Crippen LogP contribution is -2.24. The summed E-state index contributed by atoms with van der Waals surface area (Å²) in [6.07, 6.45) is 1.10. The number of rotatable bonds is 6. The minimum atomic E-state index is -0.482. The lowest BCUT2D eigenvalue weighted by Gasteiger charge is -2.18. The smallest absolute Gasteiger partial charge is 0.168 e. The van der Waals surface area contributed by atoms with E-state index in [0.717, 1.165) is 5.69 Å². The van der Waals surface area contributed by atoms with Crippen LogP contribution in [0.5, 0.6) is 5.75 Å². The van der Waals surface area contributed by atoms with E-state index in [4.69, 9.17) is 10.5 Å². The first-order valence-electron chi connectivity index (χ1n) is 7.89. The monoisotopic (exact) mass is 350 g/mol. The molecule has 0 saturated heterocycles. The van der Waals surface area contributed by atoms with Crippen LogP contribution in [0.1, 0.15) is 18.2 Å². The molecule has 0 spiro atoms. The van der Waals surface area contributed by atoms with Crippen molar-refractivity contribution >= 4 is 23.3 Å². The zero-order valence-corrected chi connectivity index (χ0v) is 14.3. The van der Waals surface area contributed by atoms with E-state index in [9.17, 15) is 5.26 Å². The number of anilines is 4. The minimum absolute atomic E-state index is 0.291. The number of H-pyrrole nitrogens is 1. The molecule has 0 aliphatic heterocycles. The third kappa shape index (κ3) is 3.99. The number of nitrogens with two attached hydrogens (primary N) is 1. The van der Waals surface area contributed by atoms with Crippen LogP contribution in [0.3, 0.4) is 0 Å². The number of nitrogens with zero attached hydrogens (tertiary/aromatic N) is 4. The quantitative estimate of drug-likeness (QED) is 0.498. The molecule has 26 heavy (non-hydrogen) atoms. The van der Waals surface area contributed by atoms with Crippen molar-refractivity contribution in [3.63, 3.8) is 0 Å². The van der Waals surface area contributed by atoms with Gasteiger partial charge in [-0.3, -0.25) is 5.10 Å². The molecule has 9 nitrogen and oxygen atoms in total. The highest BCUT2D eigenvalue weighted by molar-refractivity contribution is 5.60. The van der Waals surface area contributed by atoms with Crippen molar-refractivity contribution < 1.29 is 4.74 Å². The molecule has 3 aromatic heterocycles.